The Morgan fingerprint density at radius 1 is 1.17 bits per heavy atom. The van der Waals surface area contributed by atoms with E-state index in [1.807, 2.05) is 42.4 Å². The molecule has 0 saturated carbocycles. The molecule has 6 nitrogen and oxygen atoms in total. The van der Waals surface area contributed by atoms with Crippen LogP contribution in [0.3, 0.4) is 0 Å². The number of aryl methyl sites for hydroxylation is 1. The van der Waals surface area contributed by atoms with Crippen molar-refractivity contribution in [3.05, 3.63) is 59.8 Å². The number of carbonyl (C=O) groups is 2. The molecule has 2 aliphatic heterocycles. The van der Waals surface area contributed by atoms with Gasteiger partial charge < -0.3 is 14.2 Å². The summed E-state index contributed by atoms with van der Waals surface area (Å²) < 4.78 is 7.88. The first-order valence-electron chi connectivity index (χ1n) is 12.8. The van der Waals surface area contributed by atoms with Crippen molar-refractivity contribution in [2.24, 2.45) is 18.4 Å². The van der Waals surface area contributed by atoms with Gasteiger partial charge in [0.2, 0.25) is 0 Å². The normalized spacial score (nSPS) is 22.9. The molecule has 0 bridgehead atoms. The predicted molar refractivity (Wildman–Crippen MR) is 139 cm³/mol. The maximum absolute atomic E-state index is 13.4. The Bertz CT molecular complexity index is 1330. The highest BCUT2D eigenvalue weighted by Gasteiger charge is 2.42. The van der Waals surface area contributed by atoms with Crippen LogP contribution in [0.2, 0.25) is 0 Å². The largest absolute Gasteiger partial charge is 0.380 e. The van der Waals surface area contributed by atoms with Crippen LogP contribution < -0.4 is 0 Å². The van der Waals surface area contributed by atoms with Crippen molar-refractivity contribution in [1.29, 1.82) is 5.26 Å². The fourth-order valence-electron chi connectivity index (χ4n) is 5.91. The molecule has 2 aliphatic rings. The number of amides is 1. The number of rotatable bonds is 3. The van der Waals surface area contributed by atoms with Crippen LogP contribution in [0.1, 0.15) is 48.5 Å². The number of benzene rings is 2. The minimum absolute atomic E-state index is 0.0430. The third kappa shape index (κ3) is 4.56. The fraction of sp³-hybridized carbons (Fsp3) is 0.433. The number of hydrogen-bond acceptors (Lipinski definition) is 4. The highest BCUT2D eigenvalue weighted by Crippen LogP contribution is 2.42. The summed E-state index contributed by atoms with van der Waals surface area (Å²) in [4.78, 5) is 27.7. The van der Waals surface area contributed by atoms with Gasteiger partial charge in [-0.05, 0) is 59.7 Å². The highest BCUT2D eigenvalue weighted by molar-refractivity contribution is 5.95. The molecule has 1 amide bonds. The third-order valence-corrected chi connectivity index (χ3v) is 8.31. The Kier molecular flexibility index (Phi) is 6.68. The van der Waals surface area contributed by atoms with E-state index in [9.17, 15) is 14.9 Å². The standard InChI is InChI=1S/C30H33N3O3/c1-21-10-14-33(15-12-30(21)18-26(34)11-16-36-20-30)29(35)23-5-3-22(4-6-23)24-7-8-28-27(17-24)25(9-13-31)19-32(28)2/h3-8,17,19,21H,9-12,14-16,18,20H2,1-2H3. The zero-order valence-electron chi connectivity index (χ0n) is 21.1. The quantitative estimate of drug-likeness (QED) is 0.516. The van der Waals surface area contributed by atoms with E-state index in [0.717, 1.165) is 40.4 Å². The van der Waals surface area contributed by atoms with Gasteiger partial charge in [-0.2, -0.15) is 5.26 Å². The molecule has 3 aromatic rings. The molecular formula is C30H33N3O3. The van der Waals surface area contributed by atoms with Crippen LogP contribution in [0.25, 0.3) is 22.0 Å². The number of ether oxygens (including phenoxy) is 1. The number of aromatic nitrogens is 1. The lowest BCUT2D eigenvalue weighted by Gasteiger charge is -2.35. The molecule has 0 radical (unpaired) electrons. The molecule has 2 fully saturated rings. The monoisotopic (exact) mass is 483 g/mol. The smallest absolute Gasteiger partial charge is 0.253 e. The molecule has 36 heavy (non-hydrogen) atoms. The second-order valence-electron chi connectivity index (χ2n) is 10.5. The van der Waals surface area contributed by atoms with Crippen LogP contribution in [0, 0.1) is 22.7 Å². The summed E-state index contributed by atoms with van der Waals surface area (Å²) in [7, 11) is 2.00. The van der Waals surface area contributed by atoms with E-state index in [0.29, 0.717) is 57.0 Å². The van der Waals surface area contributed by atoms with Crippen molar-refractivity contribution in [3.63, 3.8) is 0 Å². The van der Waals surface area contributed by atoms with Gasteiger partial charge in [0.1, 0.15) is 5.78 Å². The molecule has 2 unspecified atom stereocenters. The minimum atomic E-state index is -0.160. The third-order valence-electron chi connectivity index (χ3n) is 8.31. The summed E-state index contributed by atoms with van der Waals surface area (Å²) in [6, 6.07) is 16.4. The summed E-state index contributed by atoms with van der Waals surface area (Å²) in [6.07, 6.45) is 5.13. The van der Waals surface area contributed by atoms with Gasteiger partial charge in [-0.25, -0.2) is 0 Å². The van der Waals surface area contributed by atoms with Crippen LogP contribution in [0.15, 0.2) is 48.7 Å². The van der Waals surface area contributed by atoms with Crippen molar-refractivity contribution in [3.8, 4) is 17.2 Å². The van der Waals surface area contributed by atoms with Crippen molar-refractivity contribution in [2.45, 2.75) is 39.0 Å². The summed E-state index contributed by atoms with van der Waals surface area (Å²) in [5, 5.41) is 10.3. The summed E-state index contributed by atoms with van der Waals surface area (Å²) >= 11 is 0. The number of nitriles is 1. The van der Waals surface area contributed by atoms with Crippen LogP contribution in [-0.4, -0.2) is 47.5 Å². The maximum Gasteiger partial charge on any atom is 0.253 e. The summed E-state index contributed by atoms with van der Waals surface area (Å²) in [5.41, 5.74) is 4.75. The topological polar surface area (TPSA) is 75.3 Å². The summed E-state index contributed by atoms with van der Waals surface area (Å²) in [6.45, 7) is 4.67. The van der Waals surface area contributed by atoms with Crippen molar-refractivity contribution in [1.82, 2.24) is 9.47 Å². The van der Waals surface area contributed by atoms with E-state index in [1.165, 1.54) is 0 Å². The van der Waals surface area contributed by atoms with Gasteiger partial charge in [-0.3, -0.25) is 9.59 Å². The number of ketones is 1. The van der Waals surface area contributed by atoms with E-state index >= 15 is 0 Å². The van der Waals surface area contributed by atoms with Crippen molar-refractivity contribution in [2.75, 3.05) is 26.3 Å². The SMILES string of the molecule is CC1CCN(C(=O)c2ccc(-c3ccc4c(c3)c(CC#N)cn4C)cc2)CCC12COCCC(=O)C2. The van der Waals surface area contributed by atoms with Gasteiger partial charge in [0.25, 0.3) is 5.91 Å². The Hall–Kier alpha value is -3.43. The van der Waals surface area contributed by atoms with E-state index < -0.39 is 0 Å². The zero-order valence-corrected chi connectivity index (χ0v) is 21.1. The van der Waals surface area contributed by atoms with Crippen molar-refractivity contribution < 1.29 is 14.3 Å². The Balaban J connectivity index is 1.33. The number of fused-ring (bicyclic) bond motifs is 1. The average Bonchev–Trinajstić information content (AvgIpc) is 3.00. The van der Waals surface area contributed by atoms with Gasteiger partial charge in [0.05, 0.1) is 25.7 Å². The van der Waals surface area contributed by atoms with Crippen LogP contribution in [0.4, 0.5) is 0 Å². The van der Waals surface area contributed by atoms with Gasteiger partial charge in [-0.15, -0.1) is 0 Å². The van der Waals surface area contributed by atoms with Gasteiger partial charge in [0, 0.05) is 61.1 Å². The van der Waals surface area contributed by atoms with E-state index in [4.69, 9.17) is 4.74 Å². The van der Waals surface area contributed by atoms with Gasteiger partial charge in [0.15, 0.2) is 0 Å². The molecule has 1 spiro atoms. The predicted octanol–water partition coefficient (Wildman–Crippen LogP) is 5.15. The Morgan fingerprint density at radius 2 is 1.94 bits per heavy atom. The number of nitrogens with zero attached hydrogens (tertiary/aromatic N) is 3. The molecule has 1 aromatic heterocycles. The van der Waals surface area contributed by atoms with E-state index in [1.54, 1.807) is 0 Å². The molecule has 186 valence electrons. The lowest BCUT2D eigenvalue weighted by molar-refractivity contribution is -0.121. The first-order chi connectivity index (χ1) is 17.4. The van der Waals surface area contributed by atoms with Gasteiger partial charge in [-0.1, -0.05) is 25.1 Å². The van der Waals surface area contributed by atoms with Gasteiger partial charge >= 0.3 is 0 Å². The highest BCUT2D eigenvalue weighted by atomic mass is 16.5. The number of likely N-dealkylation sites (tertiary alicyclic amines) is 1. The Labute approximate surface area is 212 Å². The number of hydrogen-bond donors (Lipinski definition) is 0. The second-order valence-corrected chi connectivity index (χ2v) is 10.5. The number of Topliss-reactive ketones (excluding diaryl/α,β-unsaturated/α-hetero) is 1. The van der Waals surface area contributed by atoms with E-state index in [-0.39, 0.29) is 17.1 Å². The molecule has 2 saturated heterocycles. The lowest BCUT2D eigenvalue weighted by Crippen LogP contribution is -2.36. The van der Waals surface area contributed by atoms with E-state index in [2.05, 4.69) is 35.8 Å². The average molecular weight is 484 g/mol. The first-order valence-corrected chi connectivity index (χ1v) is 12.8. The zero-order chi connectivity index (χ0) is 25.3. The molecule has 6 heteroatoms. The minimum Gasteiger partial charge on any atom is -0.380 e. The second kappa shape index (κ2) is 9.91. The van der Waals surface area contributed by atoms with Crippen LogP contribution >= 0.6 is 0 Å². The number of carbonyl (C=O) groups excluding carboxylic acids is 2. The lowest BCUT2D eigenvalue weighted by atomic mass is 9.70. The fourth-order valence-corrected chi connectivity index (χ4v) is 5.91. The Morgan fingerprint density at radius 3 is 2.72 bits per heavy atom. The van der Waals surface area contributed by atoms with Crippen LogP contribution in [0.5, 0.6) is 0 Å². The molecule has 5 rings (SSSR count). The molecule has 0 aliphatic carbocycles. The first kappa shape index (κ1) is 24.3. The molecular weight excluding hydrogens is 450 g/mol. The molecule has 2 aromatic carbocycles. The molecule has 3 heterocycles. The maximum atomic E-state index is 13.4. The molecule has 2 atom stereocenters. The van der Waals surface area contributed by atoms with Crippen LogP contribution in [-0.2, 0) is 23.0 Å². The summed E-state index contributed by atoms with van der Waals surface area (Å²) in [5.74, 6) is 0.656. The molecule has 0 N–H and O–H groups in total. The van der Waals surface area contributed by atoms with Crippen molar-refractivity contribution >= 4 is 22.6 Å².